The molecule has 1 amide bonds. The Morgan fingerprint density at radius 1 is 1.09 bits per heavy atom. The molecule has 0 saturated heterocycles. The number of nitrogens with one attached hydrogen (secondary N) is 1. The van der Waals surface area contributed by atoms with Gasteiger partial charge in [0.1, 0.15) is 11.3 Å². The Morgan fingerprint density at radius 3 is 2.74 bits per heavy atom. The lowest BCUT2D eigenvalue weighted by atomic mass is 10.1. The van der Waals surface area contributed by atoms with Gasteiger partial charge < -0.3 is 9.88 Å². The third-order valence-corrected chi connectivity index (χ3v) is 5.74. The van der Waals surface area contributed by atoms with E-state index >= 15 is 0 Å². The normalized spacial score (nSPS) is 10.8. The maximum Gasteiger partial charge on any atom is 0.253 e. The van der Waals surface area contributed by atoms with Crippen molar-refractivity contribution >= 4 is 28.5 Å². The van der Waals surface area contributed by atoms with Crippen LogP contribution < -0.4 is 5.32 Å². The predicted molar refractivity (Wildman–Crippen MR) is 128 cm³/mol. The van der Waals surface area contributed by atoms with Crippen LogP contribution in [0.4, 0.5) is 0 Å². The summed E-state index contributed by atoms with van der Waals surface area (Å²) >= 11 is 6.25. The van der Waals surface area contributed by atoms with Crippen LogP contribution in [0.15, 0.2) is 79.3 Å². The summed E-state index contributed by atoms with van der Waals surface area (Å²) in [6.07, 6.45) is 5.38. The van der Waals surface area contributed by atoms with Gasteiger partial charge in [-0.2, -0.15) is 5.26 Å². The standard InChI is InChI=1S/C25H18ClN7O/c26-22-9-11-28-24-20(22)10-12-32(24)15-19-16-33(31-30-19)23-4-2-1-3-21(23)25(34)29-14-18-7-5-17(13-27)6-8-18/h1-12,16H,14-15H2,(H,29,34). The highest BCUT2D eigenvalue weighted by atomic mass is 35.5. The van der Waals surface area contributed by atoms with Crippen LogP contribution in [0.3, 0.4) is 0 Å². The van der Waals surface area contributed by atoms with Gasteiger partial charge in [-0.3, -0.25) is 4.79 Å². The van der Waals surface area contributed by atoms with Crippen molar-refractivity contribution in [2.24, 2.45) is 0 Å². The number of carbonyl (C=O) groups excluding carboxylic acids is 1. The number of pyridine rings is 1. The van der Waals surface area contributed by atoms with Crippen LogP contribution in [-0.4, -0.2) is 30.5 Å². The number of hydrogen-bond acceptors (Lipinski definition) is 5. The molecule has 0 radical (unpaired) electrons. The fourth-order valence-corrected chi connectivity index (χ4v) is 3.89. The lowest BCUT2D eigenvalue weighted by molar-refractivity contribution is 0.0950. The number of hydrogen-bond donors (Lipinski definition) is 1. The van der Waals surface area contributed by atoms with E-state index in [2.05, 4.69) is 26.7 Å². The molecule has 166 valence electrons. The summed E-state index contributed by atoms with van der Waals surface area (Å²) in [7, 11) is 0. The second-order valence-corrected chi connectivity index (χ2v) is 8.04. The van der Waals surface area contributed by atoms with E-state index in [1.807, 2.05) is 41.1 Å². The summed E-state index contributed by atoms with van der Waals surface area (Å²) in [6.45, 7) is 0.807. The minimum Gasteiger partial charge on any atom is -0.348 e. The fraction of sp³-hybridized carbons (Fsp3) is 0.0800. The quantitative estimate of drug-likeness (QED) is 0.404. The molecule has 0 aliphatic heterocycles. The molecular formula is C25H18ClN7O. The summed E-state index contributed by atoms with van der Waals surface area (Å²) < 4.78 is 3.55. The van der Waals surface area contributed by atoms with Crippen molar-refractivity contribution in [2.75, 3.05) is 0 Å². The molecule has 0 saturated carbocycles. The second kappa shape index (κ2) is 9.17. The molecule has 9 heteroatoms. The van der Waals surface area contributed by atoms with E-state index in [4.69, 9.17) is 16.9 Å². The van der Waals surface area contributed by atoms with E-state index in [1.165, 1.54) is 0 Å². The summed E-state index contributed by atoms with van der Waals surface area (Å²) in [5.41, 5.74) is 4.07. The number of aromatic nitrogens is 5. The van der Waals surface area contributed by atoms with Crippen LogP contribution in [0.25, 0.3) is 16.7 Å². The topological polar surface area (TPSA) is 101 Å². The summed E-state index contributed by atoms with van der Waals surface area (Å²) in [5.74, 6) is -0.229. The molecule has 3 heterocycles. The van der Waals surface area contributed by atoms with E-state index in [0.717, 1.165) is 16.6 Å². The number of carbonyl (C=O) groups is 1. The largest absolute Gasteiger partial charge is 0.348 e. The van der Waals surface area contributed by atoms with Crippen molar-refractivity contribution in [2.45, 2.75) is 13.1 Å². The van der Waals surface area contributed by atoms with Gasteiger partial charge in [-0.25, -0.2) is 9.67 Å². The first kappa shape index (κ1) is 21.4. The van der Waals surface area contributed by atoms with Gasteiger partial charge >= 0.3 is 0 Å². The zero-order chi connectivity index (χ0) is 23.5. The van der Waals surface area contributed by atoms with Crippen molar-refractivity contribution in [3.05, 3.63) is 107 Å². The molecular weight excluding hydrogens is 450 g/mol. The molecule has 0 aliphatic carbocycles. The number of benzene rings is 2. The number of rotatable bonds is 6. The van der Waals surface area contributed by atoms with Gasteiger partial charge in [-0.05, 0) is 42.0 Å². The molecule has 2 aromatic carbocycles. The Labute approximate surface area is 200 Å². The zero-order valence-corrected chi connectivity index (χ0v) is 18.6. The van der Waals surface area contributed by atoms with Crippen LogP contribution in [-0.2, 0) is 13.1 Å². The highest BCUT2D eigenvalue weighted by Crippen LogP contribution is 2.23. The Hall–Kier alpha value is -4.48. The van der Waals surface area contributed by atoms with Crippen molar-refractivity contribution in [3.63, 3.8) is 0 Å². The molecule has 1 N–H and O–H groups in total. The number of para-hydroxylation sites is 1. The molecule has 0 aliphatic rings. The van der Waals surface area contributed by atoms with Crippen molar-refractivity contribution < 1.29 is 4.79 Å². The molecule has 34 heavy (non-hydrogen) atoms. The molecule has 0 atom stereocenters. The van der Waals surface area contributed by atoms with Gasteiger partial charge in [0.2, 0.25) is 0 Å². The molecule has 0 spiro atoms. The van der Waals surface area contributed by atoms with Gasteiger partial charge in [-0.1, -0.05) is 41.1 Å². The third-order valence-electron chi connectivity index (χ3n) is 5.41. The van der Waals surface area contributed by atoms with Crippen LogP contribution in [0, 0.1) is 11.3 Å². The zero-order valence-electron chi connectivity index (χ0n) is 17.9. The summed E-state index contributed by atoms with van der Waals surface area (Å²) in [6, 6.07) is 20.1. The highest BCUT2D eigenvalue weighted by Gasteiger charge is 2.15. The minimum absolute atomic E-state index is 0.229. The number of halogens is 1. The molecule has 0 fully saturated rings. The van der Waals surface area contributed by atoms with Crippen LogP contribution in [0.2, 0.25) is 5.02 Å². The Kier molecular flexibility index (Phi) is 5.77. The van der Waals surface area contributed by atoms with Crippen LogP contribution >= 0.6 is 11.6 Å². The van der Waals surface area contributed by atoms with Gasteiger partial charge in [0.05, 0.1) is 40.6 Å². The highest BCUT2D eigenvalue weighted by molar-refractivity contribution is 6.35. The fourth-order valence-electron chi connectivity index (χ4n) is 3.69. The maximum absolute atomic E-state index is 12.9. The summed E-state index contributed by atoms with van der Waals surface area (Å²) in [5, 5.41) is 21.9. The molecule has 5 aromatic rings. The van der Waals surface area contributed by atoms with E-state index in [-0.39, 0.29) is 5.91 Å². The van der Waals surface area contributed by atoms with Crippen molar-refractivity contribution in [1.82, 2.24) is 29.9 Å². The predicted octanol–water partition coefficient (Wildman–Crippen LogP) is 4.12. The van der Waals surface area contributed by atoms with E-state index in [1.54, 1.807) is 47.4 Å². The average molecular weight is 468 g/mol. The third kappa shape index (κ3) is 4.25. The van der Waals surface area contributed by atoms with Crippen LogP contribution in [0.5, 0.6) is 0 Å². The number of nitrogens with zero attached hydrogens (tertiary/aromatic N) is 6. The van der Waals surface area contributed by atoms with Gasteiger partial charge in [0.15, 0.2) is 0 Å². The molecule has 5 rings (SSSR count). The monoisotopic (exact) mass is 467 g/mol. The Morgan fingerprint density at radius 2 is 1.91 bits per heavy atom. The van der Waals surface area contributed by atoms with Gasteiger partial charge in [-0.15, -0.1) is 5.10 Å². The average Bonchev–Trinajstić information content (AvgIpc) is 3.51. The lowest BCUT2D eigenvalue weighted by Crippen LogP contribution is -2.24. The minimum atomic E-state index is -0.229. The van der Waals surface area contributed by atoms with Crippen LogP contribution in [0.1, 0.15) is 27.2 Å². The Balaban J connectivity index is 1.34. The smallest absolute Gasteiger partial charge is 0.253 e. The molecule has 8 nitrogen and oxygen atoms in total. The molecule has 0 unspecified atom stereocenters. The number of nitriles is 1. The van der Waals surface area contributed by atoms with E-state index < -0.39 is 0 Å². The van der Waals surface area contributed by atoms with Crippen molar-refractivity contribution in [3.8, 4) is 11.8 Å². The number of fused-ring (bicyclic) bond motifs is 1. The maximum atomic E-state index is 12.9. The lowest BCUT2D eigenvalue weighted by Gasteiger charge is -2.10. The van der Waals surface area contributed by atoms with Gasteiger partial charge in [0, 0.05) is 24.3 Å². The Bertz CT molecular complexity index is 1530. The summed E-state index contributed by atoms with van der Waals surface area (Å²) in [4.78, 5) is 17.3. The number of amides is 1. The molecule has 3 aromatic heterocycles. The van der Waals surface area contributed by atoms with Gasteiger partial charge in [0.25, 0.3) is 5.91 Å². The SMILES string of the molecule is N#Cc1ccc(CNC(=O)c2ccccc2-n2cc(Cn3ccc4c(Cl)ccnc43)nn2)cc1. The first-order chi connectivity index (χ1) is 16.6. The van der Waals surface area contributed by atoms with E-state index in [0.29, 0.717) is 40.6 Å². The van der Waals surface area contributed by atoms with Crippen molar-refractivity contribution in [1.29, 1.82) is 5.26 Å². The van der Waals surface area contributed by atoms with E-state index in [9.17, 15) is 4.79 Å². The second-order valence-electron chi connectivity index (χ2n) is 7.64. The first-order valence-electron chi connectivity index (χ1n) is 10.5. The first-order valence-corrected chi connectivity index (χ1v) is 10.9. The molecule has 0 bridgehead atoms.